The fraction of sp³-hybridized carbons (Fsp3) is 0.773. The number of carbonyl (C=O) groups is 2. The normalized spacial score (nSPS) is 29.0. The number of hydrogen-bond donors (Lipinski definition) is 1. The highest BCUT2D eigenvalue weighted by Gasteiger charge is 2.51. The maximum absolute atomic E-state index is 12.9. The Morgan fingerprint density at radius 2 is 2.03 bits per heavy atom. The Bertz CT molecular complexity index is 758. The molecule has 0 unspecified atom stereocenters. The maximum Gasteiger partial charge on any atom is 0.222 e. The topological polar surface area (TPSA) is 79.7 Å². The average molecular weight is 418 g/mol. The Morgan fingerprint density at radius 1 is 1.27 bits per heavy atom. The molecule has 0 aliphatic carbocycles. The molecule has 1 aromatic rings. The minimum Gasteiger partial charge on any atom is -0.376 e. The van der Waals surface area contributed by atoms with Crippen LogP contribution >= 0.6 is 0 Å². The molecule has 2 amide bonds. The van der Waals surface area contributed by atoms with E-state index in [-0.39, 0.29) is 41.8 Å². The zero-order chi connectivity index (χ0) is 21.3. The smallest absolute Gasteiger partial charge is 0.222 e. The highest BCUT2D eigenvalue weighted by Crippen LogP contribution is 2.42. The summed E-state index contributed by atoms with van der Waals surface area (Å²) in [6.45, 7) is 7.92. The van der Waals surface area contributed by atoms with Crippen molar-refractivity contribution in [2.45, 2.75) is 64.3 Å². The molecular formula is C22H35N5O3. The van der Waals surface area contributed by atoms with Crippen molar-refractivity contribution >= 4 is 11.8 Å². The van der Waals surface area contributed by atoms with Crippen LogP contribution in [0.15, 0.2) is 12.4 Å². The van der Waals surface area contributed by atoms with Crippen molar-refractivity contribution in [3.8, 4) is 0 Å². The predicted molar refractivity (Wildman–Crippen MR) is 112 cm³/mol. The van der Waals surface area contributed by atoms with Crippen LogP contribution in [0.2, 0.25) is 0 Å². The molecule has 3 aliphatic heterocycles. The van der Waals surface area contributed by atoms with Crippen LogP contribution in [0.5, 0.6) is 0 Å². The van der Waals surface area contributed by atoms with Crippen molar-refractivity contribution in [2.75, 3.05) is 26.2 Å². The number of fused-ring (bicyclic) bond motifs is 1. The first kappa shape index (κ1) is 21.3. The molecule has 4 heterocycles. The van der Waals surface area contributed by atoms with Gasteiger partial charge in [0.1, 0.15) is 5.82 Å². The monoisotopic (exact) mass is 417 g/mol. The summed E-state index contributed by atoms with van der Waals surface area (Å²) in [5.41, 5.74) is 0. The second-order valence-corrected chi connectivity index (χ2v) is 9.38. The Kier molecular flexibility index (Phi) is 6.43. The molecule has 0 bridgehead atoms. The van der Waals surface area contributed by atoms with E-state index in [1.807, 2.05) is 42.8 Å². The van der Waals surface area contributed by atoms with E-state index in [4.69, 9.17) is 4.74 Å². The molecule has 0 saturated carbocycles. The van der Waals surface area contributed by atoms with E-state index in [9.17, 15) is 9.59 Å². The molecule has 3 fully saturated rings. The Morgan fingerprint density at radius 3 is 2.70 bits per heavy atom. The lowest BCUT2D eigenvalue weighted by atomic mass is 9.84. The van der Waals surface area contributed by atoms with Gasteiger partial charge in [-0.05, 0) is 32.6 Å². The van der Waals surface area contributed by atoms with E-state index in [0.717, 1.165) is 44.8 Å². The molecule has 0 aromatic carbocycles. The molecule has 0 radical (unpaired) electrons. The molecule has 3 aliphatic rings. The number of nitrogens with one attached hydrogen (secondary N) is 1. The third-order valence-electron chi connectivity index (χ3n) is 6.83. The maximum atomic E-state index is 12.9. The second kappa shape index (κ2) is 9.06. The number of imidazole rings is 1. The van der Waals surface area contributed by atoms with Gasteiger partial charge < -0.3 is 19.5 Å². The third kappa shape index (κ3) is 4.54. The first-order valence-corrected chi connectivity index (χ1v) is 11.3. The van der Waals surface area contributed by atoms with Crippen molar-refractivity contribution in [1.82, 2.24) is 24.7 Å². The molecule has 0 spiro atoms. The van der Waals surface area contributed by atoms with Gasteiger partial charge in [-0.2, -0.15) is 0 Å². The van der Waals surface area contributed by atoms with Crippen molar-refractivity contribution < 1.29 is 14.3 Å². The van der Waals surface area contributed by atoms with E-state index < -0.39 is 0 Å². The summed E-state index contributed by atoms with van der Waals surface area (Å²) in [6.07, 6.45) is 6.78. The summed E-state index contributed by atoms with van der Waals surface area (Å²) in [5.74, 6) is 1.72. The van der Waals surface area contributed by atoms with Crippen molar-refractivity contribution in [3.05, 3.63) is 18.2 Å². The number of hydrogen-bond acceptors (Lipinski definition) is 5. The van der Waals surface area contributed by atoms with Gasteiger partial charge in [-0.25, -0.2) is 4.98 Å². The van der Waals surface area contributed by atoms with Crippen LogP contribution in [0.4, 0.5) is 0 Å². The van der Waals surface area contributed by atoms with Crippen LogP contribution in [-0.4, -0.2) is 75.6 Å². The molecule has 3 saturated heterocycles. The van der Waals surface area contributed by atoms with Crippen molar-refractivity contribution in [2.24, 2.45) is 18.9 Å². The first-order chi connectivity index (χ1) is 14.4. The van der Waals surface area contributed by atoms with Crippen LogP contribution in [0, 0.1) is 11.8 Å². The van der Waals surface area contributed by atoms with Gasteiger partial charge in [-0.15, -0.1) is 0 Å². The quantitative estimate of drug-likeness (QED) is 0.720. The molecule has 8 nitrogen and oxygen atoms in total. The van der Waals surface area contributed by atoms with E-state index in [1.54, 1.807) is 0 Å². The van der Waals surface area contributed by atoms with Crippen LogP contribution in [0.1, 0.15) is 45.4 Å². The summed E-state index contributed by atoms with van der Waals surface area (Å²) in [6, 6.07) is 0.348. The first-order valence-electron chi connectivity index (χ1n) is 11.3. The van der Waals surface area contributed by atoms with Crippen molar-refractivity contribution in [1.29, 1.82) is 0 Å². The van der Waals surface area contributed by atoms with Gasteiger partial charge in [-0.3, -0.25) is 14.5 Å². The zero-order valence-electron chi connectivity index (χ0n) is 18.4. The van der Waals surface area contributed by atoms with E-state index >= 15 is 0 Å². The van der Waals surface area contributed by atoms with Gasteiger partial charge in [0, 0.05) is 63.5 Å². The van der Waals surface area contributed by atoms with Crippen LogP contribution in [-0.2, 0) is 27.9 Å². The summed E-state index contributed by atoms with van der Waals surface area (Å²) in [7, 11) is 2.01. The SMILES string of the molecule is CC(C)NC(=O)C[C@@H]1OC[C@@H]2[C@H]1[C@H](CC(=O)N1CCCC1)CN2Cc1nccn1C. The number of nitrogens with zero attached hydrogens (tertiary/aromatic N) is 4. The van der Waals surface area contributed by atoms with E-state index in [0.29, 0.717) is 19.4 Å². The Labute approximate surface area is 178 Å². The number of aromatic nitrogens is 2. The highest BCUT2D eigenvalue weighted by atomic mass is 16.5. The molecular weight excluding hydrogens is 382 g/mol. The molecule has 8 heteroatoms. The molecule has 30 heavy (non-hydrogen) atoms. The third-order valence-corrected chi connectivity index (χ3v) is 6.83. The number of amides is 2. The Balaban J connectivity index is 1.48. The van der Waals surface area contributed by atoms with Crippen LogP contribution in [0.3, 0.4) is 0 Å². The summed E-state index contributed by atoms with van der Waals surface area (Å²) >= 11 is 0. The number of ether oxygens (including phenoxy) is 1. The van der Waals surface area contributed by atoms with E-state index in [1.165, 1.54) is 0 Å². The molecule has 4 rings (SSSR count). The van der Waals surface area contributed by atoms with Gasteiger partial charge >= 0.3 is 0 Å². The van der Waals surface area contributed by atoms with Gasteiger partial charge in [-0.1, -0.05) is 0 Å². The number of rotatable bonds is 7. The van der Waals surface area contributed by atoms with Gasteiger partial charge in [0.25, 0.3) is 0 Å². The minimum atomic E-state index is -0.128. The Hall–Kier alpha value is -1.93. The molecule has 1 aromatic heterocycles. The molecule has 1 N–H and O–H groups in total. The zero-order valence-corrected chi connectivity index (χ0v) is 18.4. The molecule has 4 atom stereocenters. The minimum absolute atomic E-state index is 0.0304. The lowest BCUT2D eigenvalue weighted by Crippen LogP contribution is -2.37. The largest absolute Gasteiger partial charge is 0.376 e. The van der Waals surface area contributed by atoms with Gasteiger partial charge in [0.05, 0.1) is 25.7 Å². The van der Waals surface area contributed by atoms with Gasteiger partial charge in [0.2, 0.25) is 11.8 Å². The number of likely N-dealkylation sites (tertiary alicyclic amines) is 2. The predicted octanol–water partition coefficient (Wildman–Crippen LogP) is 1.16. The fourth-order valence-corrected chi connectivity index (χ4v) is 5.41. The lowest BCUT2D eigenvalue weighted by Gasteiger charge is -2.25. The van der Waals surface area contributed by atoms with Crippen LogP contribution in [0.25, 0.3) is 0 Å². The lowest BCUT2D eigenvalue weighted by molar-refractivity contribution is -0.131. The number of carbonyl (C=O) groups excluding carboxylic acids is 2. The summed E-state index contributed by atoms with van der Waals surface area (Å²) in [4.78, 5) is 34.2. The molecule has 166 valence electrons. The average Bonchev–Trinajstić information content (AvgIpc) is 3.44. The summed E-state index contributed by atoms with van der Waals surface area (Å²) in [5, 5.41) is 2.98. The van der Waals surface area contributed by atoms with Crippen LogP contribution < -0.4 is 5.32 Å². The van der Waals surface area contributed by atoms with Gasteiger partial charge in [0.15, 0.2) is 0 Å². The van der Waals surface area contributed by atoms with E-state index in [2.05, 4.69) is 15.2 Å². The standard InChI is InChI=1S/C22H35N5O3/c1-15(2)24-20(28)11-18-22-16(10-21(29)26-7-4-5-8-26)12-27(17(22)14-30-18)13-19-23-6-9-25(19)3/h6,9,15-18,22H,4-5,7-8,10-14H2,1-3H3,(H,24,28)/t16-,17-,18+,22-/m1/s1. The fourth-order valence-electron chi connectivity index (χ4n) is 5.41. The summed E-state index contributed by atoms with van der Waals surface area (Å²) < 4.78 is 8.18. The second-order valence-electron chi connectivity index (χ2n) is 9.38. The highest BCUT2D eigenvalue weighted by molar-refractivity contribution is 5.77. The number of aryl methyl sites for hydroxylation is 1. The van der Waals surface area contributed by atoms with Crippen molar-refractivity contribution in [3.63, 3.8) is 0 Å².